The molecule has 0 heterocycles. The average Bonchev–Trinajstić information content (AvgIpc) is 2.39. The summed E-state index contributed by atoms with van der Waals surface area (Å²) in [5.41, 5.74) is 2.17. The number of alkyl halides is 1. The molecule has 0 unspecified atom stereocenters. The summed E-state index contributed by atoms with van der Waals surface area (Å²) in [7, 11) is 4.01. The molecule has 0 saturated heterocycles. The van der Waals surface area contributed by atoms with E-state index < -0.39 is 0 Å². The van der Waals surface area contributed by atoms with Gasteiger partial charge in [-0.2, -0.15) is 0 Å². The first-order chi connectivity index (χ1) is 8.69. The maximum absolute atomic E-state index is 5.83. The Morgan fingerprint density at radius 1 is 1.00 bits per heavy atom. The molecule has 94 valence electrons. The molecule has 2 aromatic carbocycles. The lowest BCUT2D eigenvalue weighted by molar-refractivity contribution is 0.482. The summed E-state index contributed by atoms with van der Waals surface area (Å²) in [6.45, 7) is 0. The zero-order valence-corrected chi connectivity index (χ0v) is 11.3. The van der Waals surface area contributed by atoms with Gasteiger partial charge in [-0.3, -0.25) is 0 Å². The minimum Gasteiger partial charge on any atom is -0.457 e. The van der Waals surface area contributed by atoms with Crippen molar-refractivity contribution in [3.05, 3.63) is 54.1 Å². The number of nitrogens with zero attached hydrogens (tertiary/aromatic N) is 1. The van der Waals surface area contributed by atoms with E-state index in [1.54, 1.807) is 0 Å². The molecule has 0 spiro atoms. The Hall–Kier alpha value is -1.67. The first kappa shape index (κ1) is 12.8. The number of halogens is 1. The van der Waals surface area contributed by atoms with Crippen molar-refractivity contribution in [1.29, 1.82) is 0 Å². The van der Waals surface area contributed by atoms with Crippen molar-refractivity contribution in [3.8, 4) is 11.5 Å². The van der Waals surface area contributed by atoms with Crippen LogP contribution in [0.25, 0.3) is 0 Å². The molecule has 0 N–H and O–H groups in total. The van der Waals surface area contributed by atoms with Gasteiger partial charge in [-0.15, -0.1) is 11.6 Å². The highest BCUT2D eigenvalue weighted by Crippen LogP contribution is 2.26. The number of anilines is 1. The van der Waals surface area contributed by atoms with Crippen LogP contribution in [0.5, 0.6) is 11.5 Å². The van der Waals surface area contributed by atoms with Gasteiger partial charge in [0.15, 0.2) is 0 Å². The molecular weight excluding hydrogens is 246 g/mol. The van der Waals surface area contributed by atoms with Crippen LogP contribution in [-0.2, 0) is 5.88 Å². The lowest BCUT2D eigenvalue weighted by Gasteiger charge is -2.14. The Balaban J connectivity index is 2.20. The summed E-state index contributed by atoms with van der Waals surface area (Å²) < 4.78 is 5.83. The van der Waals surface area contributed by atoms with Gasteiger partial charge in [-0.05, 0) is 29.8 Å². The predicted molar refractivity (Wildman–Crippen MR) is 76.8 cm³/mol. The third-order valence-electron chi connectivity index (χ3n) is 2.62. The van der Waals surface area contributed by atoms with Gasteiger partial charge in [0.1, 0.15) is 11.5 Å². The van der Waals surface area contributed by atoms with E-state index in [1.807, 2.05) is 67.5 Å². The van der Waals surface area contributed by atoms with E-state index in [0.717, 1.165) is 22.7 Å². The average molecular weight is 262 g/mol. The van der Waals surface area contributed by atoms with E-state index >= 15 is 0 Å². The number of ether oxygens (including phenoxy) is 1. The Kier molecular flexibility index (Phi) is 4.11. The van der Waals surface area contributed by atoms with Crippen molar-refractivity contribution in [2.75, 3.05) is 19.0 Å². The van der Waals surface area contributed by atoms with E-state index in [0.29, 0.717) is 5.88 Å². The second-order valence-corrected chi connectivity index (χ2v) is 4.54. The summed E-state index contributed by atoms with van der Waals surface area (Å²) in [6.07, 6.45) is 0. The van der Waals surface area contributed by atoms with Crippen molar-refractivity contribution >= 4 is 17.3 Å². The van der Waals surface area contributed by atoms with E-state index in [4.69, 9.17) is 16.3 Å². The Bertz CT molecular complexity index is 525. The third kappa shape index (κ3) is 3.17. The highest BCUT2D eigenvalue weighted by molar-refractivity contribution is 6.17. The molecule has 0 fully saturated rings. The van der Waals surface area contributed by atoms with Gasteiger partial charge >= 0.3 is 0 Å². The van der Waals surface area contributed by atoms with Gasteiger partial charge in [-0.25, -0.2) is 0 Å². The first-order valence-corrected chi connectivity index (χ1v) is 6.32. The summed E-state index contributed by atoms with van der Waals surface area (Å²) in [5.74, 6) is 2.13. The maximum atomic E-state index is 5.83. The summed E-state index contributed by atoms with van der Waals surface area (Å²) >= 11 is 5.81. The zero-order chi connectivity index (χ0) is 13.0. The number of hydrogen-bond donors (Lipinski definition) is 0. The largest absolute Gasteiger partial charge is 0.457 e. The number of benzene rings is 2. The van der Waals surface area contributed by atoms with Crippen LogP contribution in [0.15, 0.2) is 48.5 Å². The Morgan fingerprint density at radius 2 is 1.67 bits per heavy atom. The molecule has 0 bridgehead atoms. The van der Waals surface area contributed by atoms with Crippen LogP contribution in [0, 0.1) is 0 Å². The normalized spacial score (nSPS) is 10.2. The molecule has 2 rings (SSSR count). The first-order valence-electron chi connectivity index (χ1n) is 5.79. The summed E-state index contributed by atoms with van der Waals surface area (Å²) in [4.78, 5) is 2.04. The third-order valence-corrected chi connectivity index (χ3v) is 2.93. The minimum atomic E-state index is 0.495. The fraction of sp³-hybridized carbons (Fsp3) is 0.200. The van der Waals surface area contributed by atoms with E-state index in [2.05, 4.69) is 0 Å². The highest BCUT2D eigenvalue weighted by Gasteiger charge is 2.01. The van der Waals surface area contributed by atoms with Crippen molar-refractivity contribution in [1.82, 2.24) is 0 Å². The van der Waals surface area contributed by atoms with Gasteiger partial charge < -0.3 is 9.64 Å². The van der Waals surface area contributed by atoms with Crippen molar-refractivity contribution in [3.63, 3.8) is 0 Å². The van der Waals surface area contributed by atoms with Crippen LogP contribution in [-0.4, -0.2) is 14.1 Å². The standard InChI is InChI=1S/C15H16ClNO/c1-17(2)13-6-4-8-15(10-13)18-14-7-3-5-12(9-14)11-16/h3-10H,11H2,1-2H3. The molecule has 2 nitrogen and oxygen atoms in total. The van der Waals surface area contributed by atoms with Crippen LogP contribution < -0.4 is 9.64 Å². The lowest BCUT2D eigenvalue weighted by atomic mass is 10.2. The van der Waals surface area contributed by atoms with E-state index in [-0.39, 0.29) is 0 Å². The maximum Gasteiger partial charge on any atom is 0.129 e. The molecule has 0 aliphatic heterocycles. The van der Waals surface area contributed by atoms with Crippen molar-refractivity contribution in [2.24, 2.45) is 0 Å². The van der Waals surface area contributed by atoms with E-state index in [1.165, 1.54) is 0 Å². The van der Waals surface area contributed by atoms with Crippen LogP contribution in [0.3, 0.4) is 0 Å². The topological polar surface area (TPSA) is 12.5 Å². The number of rotatable bonds is 4. The smallest absolute Gasteiger partial charge is 0.129 e. The molecular formula is C15H16ClNO. The quantitative estimate of drug-likeness (QED) is 0.762. The lowest BCUT2D eigenvalue weighted by Crippen LogP contribution is -2.08. The van der Waals surface area contributed by atoms with Gasteiger partial charge in [0.05, 0.1) is 0 Å². The molecule has 0 saturated carbocycles. The molecule has 0 atom stereocenters. The van der Waals surface area contributed by atoms with Gasteiger partial charge in [-0.1, -0.05) is 18.2 Å². The molecule has 0 aliphatic rings. The highest BCUT2D eigenvalue weighted by atomic mass is 35.5. The molecule has 0 amide bonds. The second kappa shape index (κ2) is 5.78. The summed E-state index contributed by atoms with van der Waals surface area (Å²) in [5, 5.41) is 0. The van der Waals surface area contributed by atoms with Crippen LogP contribution >= 0.6 is 11.6 Å². The van der Waals surface area contributed by atoms with Crippen LogP contribution in [0.2, 0.25) is 0 Å². The predicted octanol–water partition coefficient (Wildman–Crippen LogP) is 4.28. The zero-order valence-electron chi connectivity index (χ0n) is 10.6. The van der Waals surface area contributed by atoms with Crippen LogP contribution in [0.1, 0.15) is 5.56 Å². The van der Waals surface area contributed by atoms with E-state index in [9.17, 15) is 0 Å². The molecule has 2 aromatic rings. The monoisotopic (exact) mass is 261 g/mol. The van der Waals surface area contributed by atoms with Crippen molar-refractivity contribution < 1.29 is 4.74 Å². The van der Waals surface area contributed by atoms with Crippen LogP contribution in [0.4, 0.5) is 5.69 Å². The molecule has 18 heavy (non-hydrogen) atoms. The van der Waals surface area contributed by atoms with Crippen molar-refractivity contribution in [2.45, 2.75) is 5.88 Å². The molecule has 3 heteroatoms. The molecule has 0 aromatic heterocycles. The molecule has 0 radical (unpaired) electrons. The second-order valence-electron chi connectivity index (χ2n) is 4.27. The fourth-order valence-electron chi connectivity index (χ4n) is 1.65. The number of hydrogen-bond acceptors (Lipinski definition) is 2. The van der Waals surface area contributed by atoms with Gasteiger partial charge in [0.2, 0.25) is 0 Å². The molecule has 0 aliphatic carbocycles. The van der Waals surface area contributed by atoms with Gasteiger partial charge in [0, 0.05) is 31.7 Å². The SMILES string of the molecule is CN(C)c1cccc(Oc2cccc(CCl)c2)c1. The van der Waals surface area contributed by atoms with Gasteiger partial charge in [0.25, 0.3) is 0 Å². The summed E-state index contributed by atoms with van der Waals surface area (Å²) in [6, 6.07) is 15.8. The Morgan fingerprint density at radius 3 is 2.33 bits per heavy atom. The fourth-order valence-corrected chi connectivity index (χ4v) is 1.82. The Labute approximate surface area is 113 Å². The minimum absolute atomic E-state index is 0.495.